The number of nitrogens with zero attached hydrogens (tertiary/aromatic N) is 1. The van der Waals surface area contributed by atoms with Gasteiger partial charge in [0.25, 0.3) is 4.34 Å². The highest BCUT2D eigenvalue weighted by Crippen LogP contribution is 2.14. The van der Waals surface area contributed by atoms with Crippen molar-refractivity contribution in [3.05, 3.63) is 9.72 Å². The quantitative estimate of drug-likeness (QED) is 0.501. The van der Waals surface area contributed by atoms with Crippen LogP contribution in [0.1, 0.15) is 0 Å². The molecule has 0 spiro atoms. The molecule has 0 atom stereocenters. The average Bonchev–Trinajstić information content (AvgIpc) is 1.86. The summed E-state index contributed by atoms with van der Waals surface area (Å²) in [6.45, 7) is 0. The summed E-state index contributed by atoms with van der Waals surface area (Å²) in [5, 5.41) is 1.80. The first-order chi connectivity index (χ1) is 2.89. The van der Waals surface area contributed by atoms with E-state index in [9.17, 15) is 0 Å². The topological polar surface area (TPSA) is 12.9 Å². The SMILES string of the molecule is Clc1c[s+]ns1. The summed E-state index contributed by atoms with van der Waals surface area (Å²) >= 11 is 8.11. The molecule has 0 saturated heterocycles. The number of hydrogen-bond acceptors (Lipinski definition) is 2. The fourth-order valence-corrected chi connectivity index (χ4v) is 1.53. The predicted octanol–water partition coefficient (Wildman–Crippen LogP) is 2.14. The van der Waals surface area contributed by atoms with Crippen molar-refractivity contribution in [1.29, 1.82) is 0 Å². The van der Waals surface area contributed by atoms with Crippen molar-refractivity contribution < 1.29 is 0 Å². The van der Waals surface area contributed by atoms with Crippen molar-refractivity contribution in [2.24, 2.45) is 0 Å². The van der Waals surface area contributed by atoms with E-state index in [0.717, 1.165) is 4.34 Å². The van der Waals surface area contributed by atoms with Gasteiger partial charge in [0.05, 0.1) is 3.76 Å². The van der Waals surface area contributed by atoms with Crippen LogP contribution in [-0.2, 0) is 0 Å². The van der Waals surface area contributed by atoms with Crippen molar-refractivity contribution in [1.82, 2.24) is 3.76 Å². The van der Waals surface area contributed by atoms with Crippen molar-refractivity contribution in [2.75, 3.05) is 0 Å². The number of aromatic nitrogens is 1. The Kier molecular flexibility index (Phi) is 1.34. The lowest BCUT2D eigenvalue weighted by atomic mass is 11.1. The maximum absolute atomic E-state index is 5.42. The largest absolute Gasteiger partial charge is 0.255 e. The van der Waals surface area contributed by atoms with Gasteiger partial charge in [-0.3, -0.25) is 0 Å². The second-order valence-corrected chi connectivity index (χ2v) is 2.99. The second-order valence-electron chi connectivity index (χ2n) is 0.693. The molecule has 32 valence electrons. The van der Waals surface area contributed by atoms with E-state index in [1.165, 1.54) is 23.1 Å². The summed E-state index contributed by atoms with van der Waals surface area (Å²) in [5.41, 5.74) is 0. The van der Waals surface area contributed by atoms with E-state index in [4.69, 9.17) is 11.6 Å². The van der Waals surface area contributed by atoms with Crippen LogP contribution in [0.3, 0.4) is 0 Å². The molecule has 0 aliphatic carbocycles. The van der Waals surface area contributed by atoms with Crippen LogP contribution in [0, 0.1) is 0 Å². The minimum absolute atomic E-state index is 0.764. The van der Waals surface area contributed by atoms with E-state index in [2.05, 4.69) is 3.76 Å². The summed E-state index contributed by atoms with van der Waals surface area (Å²) in [7, 11) is 0. The van der Waals surface area contributed by atoms with Gasteiger partial charge in [-0.2, -0.15) is 0 Å². The van der Waals surface area contributed by atoms with Crippen LogP contribution in [0.15, 0.2) is 5.38 Å². The Hall–Kier alpha value is 0.270. The lowest BCUT2D eigenvalue weighted by molar-refractivity contribution is 1.91. The zero-order valence-electron chi connectivity index (χ0n) is 2.72. The molecule has 4 heteroatoms. The van der Waals surface area contributed by atoms with E-state index in [1.807, 2.05) is 0 Å². The van der Waals surface area contributed by atoms with E-state index < -0.39 is 0 Å². The molecule has 0 aromatic carbocycles. The molecule has 1 aromatic heterocycles. The van der Waals surface area contributed by atoms with Crippen molar-refractivity contribution in [3.8, 4) is 0 Å². The summed E-state index contributed by atoms with van der Waals surface area (Å²) in [4.78, 5) is 0. The van der Waals surface area contributed by atoms with Gasteiger partial charge in [-0.1, -0.05) is 0 Å². The standard InChI is InChI=1S/C2HClNS2/c3-2-1-5-4-6-2/h1H/q+1. The van der Waals surface area contributed by atoms with Crippen molar-refractivity contribution in [3.63, 3.8) is 0 Å². The highest BCUT2D eigenvalue weighted by molar-refractivity contribution is 7.22. The zero-order chi connectivity index (χ0) is 4.41. The molecule has 0 fully saturated rings. The van der Waals surface area contributed by atoms with Gasteiger partial charge in [0, 0.05) is 0 Å². The normalized spacial score (nSPS) is 8.83. The molecule has 0 amide bonds. The summed E-state index contributed by atoms with van der Waals surface area (Å²) in [5.74, 6) is 0. The van der Waals surface area contributed by atoms with Gasteiger partial charge in [-0.05, 0) is 11.6 Å². The fraction of sp³-hybridized carbons (Fsp3) is 0. The van der Waals surface area contributed by atoms with Gasteiger partial charge >= 0.3 is 0 Å². The smallest absolute Gasteiger partial charge is 0.0414 e. The molecule has 1 aromatic rings. The van der Waals surface area contributed by atoms with Crippen LogP contribution in [0.2, 0.25) is 4.34 Å². The molecule has 0 unspecified atom stereocenters. The Bertz CT molecular complexity index is 115. The van der Waals surface area contributed by atoms with E-state index in [-0.39, 0.29) is 0 Å². The van der Waals surface area contributed by atoms with Gasteiger partial charge in [-0.25, -0.2) is 0 Å². The number of rotatable bonds is 0. The lowest BCUT2D eigenvalue weighted by Gasteiger charge is -1.44. The van der Waals surface area contributed by atoms with Gasteiger partial charge in [-0.15, -0.1) is 0 Å². The third kappa shape index (κ3) is 0.864. The predicted molar refractivity (Wildman–Crippen MR) is 29.4 cm³/mol. The van der Waals surface area contributed by atoms with E-state index in [0.29, 0.717) is 0 Å². The Morgan fingerprint density at radius 3 is 3.00 bits per heavy atom. The minimum Gasteiger partial charge on any atom is -0.0414 e. The van der Waals surface area contributed by atoms with Crippen LogP contribution in [0.4, 0.5) is 0 Å². The first kappa shape index (κ1) is 4.43. The molecular formula is C2HClNS2+. The lowest BCUT2D eigenvalue weighted by Crippen LogP contribution is -1.28. The van der Waals surface area contributed by atoms with Gasteiger partial charge < -0.3 is 0 Å². The average molecular weight is 139 g/mol. The molecule has 1 rings (SSSR count). The summed E-state index contributed by atoms with van der Waals surface area (Å²) < 4.78 is 4.54. The molecule has 0 radical (unpaired) electrons. The number of hydrogen-bond donors (Lipinski definition) is 0. The minimum atomic E-state index is 0.764. The first-order valence-corrected chi connectivity index (χ1v) is 3.27. The van der Waals surface area contributed by atoms with Crippen LogP contribution >= 0.6 is 34.7 Å². The Labute approximate surface area is 48.5 Å². The summed E-state index contributed by atoms with van der Waals surface area (Å²) in [6, 6.07) is 0. The van der Waals surface area contributed by atoms with Crippen molar-refractivity contribution >= 4 is 34.7 Å². The second kappa shape index (κ2) is 1.82. The molecule has 0 N–H and O–H groups in total. The van der Waals surface area contributed by atoms with Crippen LogP contribution in [0.5, 0.6) is 0 Å². The Morgan fingerprint density at radius 2 is 2.83 bits per heavy atom. The van der Waals surface area contributed by atoms with E-state index in [1.54, 1.807) is 5.38 Å². The molecule has 0 saturated carbocycles. The molecule has 0 aliphatic rings. The van der Waals surface area contributed by atoms with Crippen LogP contribution in [-0.4, -0.2) is 3.76 Å². The first-order valence-electron chi connectivity index (χ1n) is 1.28. The van der Waals surface area contributed by atoms with Gasteiger partial charge in [0.1, 0.15) is 0 Å². The van der Waals surface area contributed by atoms with Crippen LogP contribution in [0.25, 0.3) is 0 Å². The molecule has 6 heavy (non-hydrogen) atoms. The maximum Gasteiger partial charge on any atom is 0.255 e. The van der Waals surface area contributed by atoms with Crippen LogP contribution < -0.4 is 0 Å². The molecule has 0 aliphatic heterocycles. The highest BCUT2D eigenvalue weighted by Gasteiger charge is 1.97. The molecule has 0 bridgehead atoms. The maximum atomic E-state index is 5.42. The van der Waals surface area contributed by atoms with E-state index >= 15 is 0 Å². The monoisotopic (exact) mass is 138 g/mol. The highest BCUT2D eigenvalue weighted by atomic mass is 35.5. The third-order valence-electron chi connectivity index (χ3n) is 0.313. The molecule has 1 heterocycles. The van der Waals surface area contributed by atoms with Gasteiger partial charge in [0.15, 0.2) is 5.38 Å². The third-order valence-corrected chi connectivity index (χ3v) is 2.18. The molecule has 1 nitrogen and oxygen atoms in total. The summed E-state index contributed by atoms with van der Waals surface area (Å²) in [6.07, 6.45) is 0. The Morgan fingerprint density at radius 1 is 2.00 bits per heavy atom. The number of halogens is 1. The van der Waals surface area contributed by atoms with Crippen molar-refractivity contribution in [2.45, 2.75) is 0 Å². The zero-order valence-corrected chi connectivity index (χ0v) is 5.11. The fourth-order valence-electron chi connectivity index (χ4n) is 0.142. The van der Waals surface area contributed by atoms with Gasteiger partial charge in [0.2, 0.25) is 23.1 Å². The molecular weight excluding hydrogens is 138 g/mol. The Balaban J connectivity index is 3.05.